The van der Waals surface area contributed by atoms with E-state index in [1.165, 1.54) is 0 Å². The first-order chi connectivity index (χ1) is 2.00. The Bertz CT molecular complexity index is 100. The number of rotatable bonds is 0. The number of hydrogen-bond donors (Lipinski definition) is 0. The van der Waals surface area contributed by atoms with Gasteiger partial charge in [-0.25, -0.2) is 8.42 Å². The molecule has 0 amide bonds. The average molecular weight is 209 g/mol. The molecule has 0 fully saturated rings. The van der Waals surface area contributed by atoms with Crippen molar-refractivity contribution in [2.45, 2.75) is 0 Å². The molecule has 0 unspecified atom stereocenters. The van der Waals surface area contributed by atoms with Gasteiger partial charge in [0.2, 0.25) is 0 Å². The molecular weight excluding hydrogens is 206 g/mol. The van der Waals surface area contributed by atoms with Crippen molar-refractivity contribution in [2.24, 2.45) is 0 Å². The summed E-state index contributed by atoms with van der Waals surface area (Å²) in [4.78, 5) is 0. The molecule has 0 heterocycles. The molecule has 0 aromatic carbocycles. The largest absolute Gasteiger partial charge is 1.00 e. The van der Waals surface area contributed by atoms with E-state index in [1.807, 2.05) is 0 Å². The molecule has 0 aromatic rings. The van der Waals surface area contributed by atoms with E-state index in [0.29, 0.717) is 6.26 Å². The van der Waals surface area contributed by atoms with Gasteiger partial charge in [0.1, 0.15) is 0 Å². The van der Waals surface area contributed by atoms with Gasteiger partial charge in [-0.15, -0.1) is 0 Å². The van der Waals surface area contributed by atoms with Gasteiger partial charge in [0.15, 0.2) is 0 Å². The summed E-state index contributed by atoms with van der Waals surface area (Å²) in [7, 11) is -3.92. The summed E-state index contributed by atoms with van der Waals surface area (Å²) in [6, 6.07) is 0. The Kier molecular flexibility index (Phi) is 29.5. The molecular formula is CH3ClK2O3S. The maximum atomic E-state index is 9.08. The van der Waals surface area contributed by atoms with Crippen LogP contribution in [-0.2, 0) is 10.1 Å². The van der Waals surface area contributed by atoms with E-state index in [2.05, 4.69) is 0 Å². The van der Waals surface area contributed by atoms with Crippen molar-refractivity contribution >= 4 is 10.1 Å². The van der Waals surface area contributed by atoms with Crippen LogP contribution in [0.4, 0.5) is 0 Å². The second kappa shape index (κ2) is 10.5. The molecule has 3 nitrogen and oxygen atoms in total. The maximum absolute atomic E-state index is 9.08. The molecule has 0 aliphatic carbocycles. The van der Waals surface area contributed by atoms with Crippen molar-refractivity contribution in [1.82, 2.24) is 0 Å². The smallest absolute Gasteiger partial charge is 1.00 e. The predicted molar refractivity (Wildman–Crippen MR) is 15.6 cm³/mol. The topological polar surface area (TPSA) is 57.2 Å². The van der Waals surface area contributed by atoms with E-state index in [1.54, 1.807) is 0 Å². The zero-order chi connectivity index (χ0) is 4.50. The Morgan fingerprint density at radius 3 is 1.25 bits per heavy atom. The molecule has 0 saturated carbocycles. The fraction of sp³-hybridized carbons (Fsp3) is 1.00. The summed E-state index contributed by atoms with van der Waals surface area (Å²) in [6.07, 6.45) is 0.604. The maximum Gasteiger partial charge on any atom is 1.00 e. The number of hydrogen-bond acceptors (Lipinski definition) is 3. The van der Waals surface area contributed by atoms with Crippen LogP contribution in [-0.4, -0.2) is 19.2 Å². The Hall–Kier alpha value is 3.47. The minimum Gasteiger partial charge on any atom is -1.00 e. The quantitative estimate of drug-likeness (QED) is 0.294. The van der Waals surface area contributed by atoms with E-state index in [4.69, 9.17) is 13.0 Å². The fourth-order valence-corrected chi connectivity index (χ4v) is 0. The van der Waals surface area contributed by atoms with E-state index in [9.17, 15) is 0 Å². The molecule has 40 valence electrons. The van der Waals surface area contributed by atoms with Gasteiger partial charge in [0.05, 0.1) is 10.1 Å². The molecule has 0 aliphatic heterocycles. The van der Waals surface area contributed by atoms with Crippen molar-refractivity contribution in [1.29, 1.82) is 0 Å². The van der Waals surface area contributed by atoms with Gasteiger partial charge in [0.25, 0.3) is 0 Å². The normalized spacial score (nSPS) is 7.25. The molecule has 0 rings (SSSR count). The first-order valence-corrected chi connectivity index (χ1v) is 2.72. The summed E-state index contributed by atoms with van der Waals surface area (Å²) in [6.45, 7) is 0. The van der Waals surface area contributed by atoms with Crippen molar-refractivity contribution in [3.63, 3.8) is 0 Å². The van der Waals surface area contributed by atoms with Crippen molar-refractivity contribution in [2.75, 3.05) is 6.26 Å². The Morgan fingerprint density at radius 1 is 1.25 bits per heavy atom. The zero-order valence-corrected chi connectivity index (χ0v) is 12.8. The Labute approximate surface area is 140 Å². The van der Waals surface area contributed by atoms with Crippen LogP contribution in [0.15, 0.2) is 0 Å². The molecule has 0 spiro atoms. The number of halogens is 1. The average Bonchev–Trinajstić information content (AvgIpc) is 0.722. The van der Waals surface area contributed by atoms with Gasteiger partial charge in [0, 0.05) is 6.26 Å². The standard InChI is InChI=1S/CH4O3S.ClH.2K/c1-5(2,3)4;;;/h1H3,(H,2,3,4);1H;;/q;;2*+1/p-2. The third-order valence-corrected chi connectivity index (χ3v) is 0. The first-order valence-electron chi connectivity index (χ1n) is 0.908. The minimum absolute atomic E-state index is 0. The van der Waals surface area contributed by atoms with E-state index in [-0.39, 0.29) is 115 Å². The second-order valence-corrected chi connectivity index (χ2v) is 2.11. The molecule has 0 radical (unpaired) electrons. The van der Waals surface area contributed by atoms with Gasteiger partial charge in [-0.3, -0.25) is 0 Å². The summed E-state index contributed by atoms with van der Waals surface area (Å²) in [5.41, 5.74) is 0. The van der Waals surface area contributed by atoms with Crippen LogP contribution in [0.3, 0.4) is 0 Å². The Balaban J connectivity index is -0.0000000267. The third kappa shape index (κ3) is 56.4. The van der Waals surface area contributed by atoms with Gasteiger partial charge in [-0.2, -0.15) is 0 Å². The molecule has 0 bridgehead atoms. The van der Waals surface area contributed by atoms with Crippen LogP contribution in [0, 0.1) is 0 Å². The van der Waals surface area contributed by atoms with Crippen LogP contribution < -0.4 is 115 Å². The molecule has 0 aliphatic rings. The van der Waals surface area contributed by atoms with Crippen molar-refractivity contribution < 1.29 is 128 Å². The van der Waals surface area contributed by atoms with Crippen molar-refractivity contribution in [3.05, 3.63) is 0 Å². The molecule has 0 N–H and O–H groups in total. The van der Waals surface area contributed by atoms with E-state index >= 15 is 0 Å². The molecule has 8 heavy (non-hydrogen) atoms. The van der Waals surface area contributed by atoms with Crippen LogP contribution >= 0.6 is 0 Å². The van der Waals surface area contributed by atoms with Gasteiger partial charge in [-0.1, -0.05) is 0 Å². The van der Waals surface area contributed by atoms with E-state index < -0.39 is 10.1 Å². The van der Waals surface area contributed by atoms with Crippen molar-refractivity contribution in [3.8, 4) is 0 Å². The minimum atomic E-state index is -3.92. The predicted octanol–water partition coefficient (Wildman–Crippen LogP) is -9.83. The fourth-order valence-electron chi connectivity index (χ4n) is 0. The van der Waals surface area contributed by atoms with Crippen LogP contribution in [0.1, 0.15) is 0 Å². The van der Waals surface area contributed by atoms with Crippen LogP contribution in [0.2, 0.25) is 0 Å². The van der Waals surface area contributed by atoms with Crippen LogP contribution in [0.5, 0.6) is 0 Å². The third-order valence-electron chi connectivity index (χ3n) is 0. The monoisotopic (exact) mass is 208 g/mol. The van der Waals surface area contributed by atoms with Crippen LogP contribution in [0.25, 0.3) is 0 Å². The summed E-state index contributed by atoms with van der Waals surface area (Å²) >= 11 is 0. The SMILES string of the molecule is CS(=O)(=O)[O-].[Cl-].[K+].[K+]. The Morgan fingerprint density at radius 2 is 1.25 bits per heavy atom. The summed E-state index contributed by atoms with van der Waals surface area (Å²) in [5.74, 6) is 0. The van der Waals surface area contributed by atoms with E-state index in [0.717, 1.165) is 0 Å². The first kappa shape index (κ1) is 22.5. The van der Waals surface area contributed by atoms with Gasteiger partial charge < -0.3 is 17.0 Å². The summed E-state index contributed by atoms with van der Waals surface area (Å²) < 4.78 is 27.2. The second-order valence-electron chi connectivity index (χ2n) is 0.704. The molecule has 0 atom stereocenters. The summed E-state index contributed by atoms with van der Waals surface area (Å²) in [5, 5.41) is 0. The molecule has 0 saturated heterocycles. The molecule has 0 aromatic heterocycles. The van der Waals surface area contributed by atoms with Gasteiger partial charge in [-0.05, 0) is 0 Å². The zero-order valence-electron chi connectivity index (χ0n) is 5.01. The van der Waals surface area contributed by atoms with Gasteiger partial charge >= 0.3 is 103 Å². The molecule has 7 heteroatoms.